The number of rotatable bonds is 20. The van der Waals surface area contributed by atoms with Crippen LogP contribution in [0.1, 0.15) is 60.7 Å². The maximum Gasteiger partial charge on any atom is 0.229 e. The van der Waals surface area contributed by atoms with Crippen LogP contribution in [0, 0.1) is 5.82 Å². The molecule has 2 atom stereocenters. The minimum Gasteiger partial charge on any atom is -0.489 e. The molecule has 2 unspecified atom stereocenters. The molecule has 5 rings (SSSR count). The first-order valence-corrected chi connectivity index (χ1v) is 22.7. The third-order valence-electron chi connectivity index (χ3n) is 9.67. The monoisotopic (exact) mass is 754 g/mol. The van der Waals surface area contributed by atoms with E-state index in [0.29, 0.717) is 37.6 Å². The number of ether oxygens (including phenoxy) is 2. The molecular formula is C43H51FN2O5SSi. The lowest BCUT2D eigenvalue weighted by atomic mass is 9.98. The molecule has 0 fully saturated rings. The second-order valence-corrected chi connectivity index (χ2v) is 19.9. The van der Waals surface area contributed by atoms with Crippen molar-refractivity contribution in [2.75, 3.05) is 17.5 Å². The zero-order valence-corrected chi connectivity index (χ0v) is 32.9. The zero-order chi connectivity index (χ0) is 37.7. The van der Waals surface area contributed by atoms with Crippen molar-refractivity contribution in [1.82, 2.24) is 5.32 Å². The van der Waals surface area contributed by atoms with Gasteiger partial charge < -0.3 is 19.2 Å². The standard InChI is InChI=1S/C43H51FN2O5SSi/c1-5-53(6-2,7-3)51-43(37-22-27-42(41(29-37)46-52(4,47)48)50-32-35-16-12-9-13-17-35)30-45-40(28-33-18-23-38(44)24-19-33)36-20-25-39(26-21-36)49-31-34-14-10-8-11-15-34/h8-27,29,40,43,45-46H,5-7,28,30-32H2,1-4H3. The normalized spacial score (nSPS) is 12.9. The van der Waals surface area contributed by atoms with Gasteiger partial charge in [-0.25, -0.2) is 12.8 Å². The summed E-state index contributed by atoms with van der Waals surface area (Å²) in [5.41, 5.74) is 5.31. The Labute approximate surface area is 315 Å². The first-order valence-electron chi connectivity index (χ1n) is 18.3. The molecule has 0 saturated carbocycles. The summed E-state index contributed by atoms with van der Waals surface area (Å²) in [7, 11) is -5.76. The Morgan fingerprint density at radius 1 is 0.679 bits per heavy atom. The SMILES string of the molecule is CC[Si](CC)(CC)OC(CNC(Cc1ccc(F)cc1)c1ccc(OCc2ccccc2)cc1)c1ccc(OCc2ccccc2)c(NS(C)(=O)=O)c1. The van der Waals surface area contributed by atoms with Crippen molar-refractivity contribution in [1.29, 1.82) is 0 Å². The van der Waals surface area contributed by atoms with Crippen molar-refractivity contribution in [3.63, 3.8) is 0 Å². The van der Waals surface area contributed by atoms with E-state index in [1.165, 1.54) is 12.1 Å². The molecule has 0 spiro atoms. The van der Waals surface area contributed by atoms with Gasteiger partial charge in [0.2, 0.25) is 10.0 Å². The second kappa shape index (κ2) is 19.0. The predicted octanol–water partition coefficient (Wildman–Crippen LogP) is 9.99. The van der Waals surface area contributed by atoms with Crippen LogP contribution in [0.4, 0.5) is 10.1 Å². The van der Waals surface area contributed by atoms with Gasteiger partial charge in [-0.2, -0.15) is 0 Å². The fraction of sp³-hybridized carbons (Fsp3) is 0.302. The Bertz CT molecular complexity index is 1950. The van der Waals surface area contributed by atoms with Crippen molar-refractivity contribution < 1.29 is 26.7 Å². The van der Waals surface area contributed by atoms with E-state index in [9.17, 15) is 12.8 Å². The Morgan fingerprint density at radius 2 is 1.25 bits per heavy atom. The number of halogens is 1. The smallest absolute Gasteiger partial charge is 0.229 e. The lowest BCUT2D eigenvalue weighted by molar-refractivity contribution is 0.181. The first-order chi connectivity index (χ1) is 25.6. The Hall–Kier alpha value is -4.48. The van der Waals surface area contributed by atoms with Gasteiger partial charge in [0.15, 0.2) is 8.32 Å². The molecule has 0 heterocycles. The molecule has 2 N–H and O–H groups in total. The number of anilines is 1. The molecule has 0 amide bonds. The minimum absolute atomic E-state index is 0.141. The number of benzene rings is 5. The number of hydrogen-bond donors (Lipinski definition) is 2. The van der Waals surface area contributed by atoms with E-state index in [1.807, 2.05) is 103 Å². The molecule has 7 nitrogen and oxygen atoms in total. The van der Waals surface area contributed by atoms with Crippen LogP contribution in [0.5, 0.6) is 11.5 Å². The fourth-order valence-electron chi connectivity index (χ4n) is 6.37. The molecule has 10 heteroatoms. The highest BCUT2D eigenvalue weighted by molar-refractivity contribution is 7.92. The lowest BCUT2D eigenvalue weighted by Crippen LogP contribution is -2.40. The first kappa shape index (κ1) is 39.7. The molecule has 0 radical (unpaired) electrons. The van der Waals surface area contributed by atoms with Crippen LogP contribution in [0.3, 0.4) is 0 Å². The van der Waals surface area contributed by atoms with Gasteiger partial charge in [-0.1, -0.05) is 112 Å². The van der Waals surface area contributed by atoms with Gasteiger partial charge in [-0.05, 0) is 88.8 Å². The molecule has 0 aliphatic rings. The largest absolute Gasteiger partial charge is 0.489 e. The Morgan fingerprint density at radius 3 is 1.81 bits per heavy atom. The molecule has 0 aromatic heterocycles. The Balaban J connectivity index is 1.44. The third kappa shape index (κ3) is 12.0. The molecular weight excluding hydrogens is 704 g/mol. The van der Waals surface area contributed by atoms with Crippen LogP contribution in [0.15, 0.2) is 127 Å². The molecule has 0 aliphatic heterocycles. The summed E-state index contributed by atoms with van der Waals surface area (Å²) in [4.78, 5) is 0. The van der Waals surface area contributed by atoms with Crippen molar-refractivity contribution in [2.45, 2.75) is 70.7 Å². The average molecular weight is 755 g/mol. The van der Waals surface area contributed by atoms with E-state index in [2.05, 4.69) is 42.9 Å². The van der Waals surface area contributed by atoms with Crippen LogP contribution in [0.25, 0.3) is 0 Å². The van der Waals surface area contributed by atoms with Crippen molar-refractivity contribution >= 4 is 24.0 Å². The van der Waals surface area contributed by atoms with Gasteiger partial charge in [0.25, 0.3) is 0 Å². The summed E-state index contributed by atoms with van der Waals surface area (Å²) in [5, 5.41) is 3.79. The van der Waals surface area contributed by atoms with Gasteiger partial charge in [-0.15, -0.1) is 0 Å². The second-order valence-electron chi connectivity index (χ2n) is 13.4. The van der Waals surface area contributed by atoms with Gasteiger partial charge in [0, 0.05) is 12.6 Å². The van der Waals surface area contributed by atoms with Crippen LogP contribution >= 0.6 is 0 Å². The number of hydrogen-bond acceptors (Lipinski definition) is 6. The van der Waals surface area contributed by atoms with Crippen LogP contribution in [0.2, 0.25) is 18.1 Å². The van der Waals surface area contributed by atoms with E-state index >= 15 is 0 Å². The van der Waals surface area contributed by atoms with E-state index in [1.54, 1.807) is 0 Å². The topological polar surface area (TPSA) is 85.9 Å². The zero-order valence-electron chi connectivity index (χ0n) is 31.1. The van der Waals surface area contributed by atoms with E-state index < -0.39 is 18.3 Å². The fourth-order valence-corrected chi connectivity index (χ4v) is 9.75. The quantitative estimate of drug-likeness (QED) is 0.0770. The highest BCUT2D eigenvalue weighted by Crippen LogP contribution is 2.35. The van der Waals surface area contributed by atoms with E-state index in [-0.39, 0.29) is 18.0 Å². The summed E-state index contributed by atoms with van der Waals surface area (Å²) in [6.07, 6.45) is 1.37. The van der Waals surface area contributed by atoms with Gasteiger partial charge in [0.1, 0.15) is 30.5 Å². The van der Waals surface area contributed by atoms with Crippen LogP contribution < -0.4 is 19.5 Å². The summed E-state index contributed by atoms with van der Waals surface area (Å²) in [6.45, 7) is 7.80. The Kier molecular flexibility index (Phi) is 14.3. The van der Waals surface area contributed by atoms with Crippen LogP contribution in [-0.4, -0.2) is 29.5 Å². The van der Waals surface area contributed by atoms with E-state index in [4.69, 9.17) is 13.9 Å². The summed E-state index contributed by atoms with van der Waals surface area (Å²) < 4.78 is 61.0. The van der Waals surface area contributed by atoms with Gasteiger partial charge >= 0.3 is 0 Å². The molecule has 5 aromatic carbocycles. The maximum absolute atomic E-state index is 13.9. The third-order valence-corrected chi connectivity index (χ3v) is 14.9. The highest BCUT2D eigenvalue weighted by Gasteiger charge is 2.33. The molecule has 5 aromatic rings. The van der Waals surface area contributed by atoms with Crippen LogP contribution in [-0.2, 0) is 34.1 Å². The van der Waals surface area contributed by atoms with Crippen molar-refractivity contribution in [2.24, 2.45) is 0 Å². The average Bonchev–Trinajstić information content (AvgIpc) is 3.17. The number of nitrogens with one attached hydrogen (secondary N) is 2. The van der Waals surface area contributed by atoms with Gasteiger partial charge in [-0.3, -0.25) is 4.72 Å². The summed E-state index contributed by atoms with van der Waals surface area (Å²) >= 11 is 0. The predicted molar refractivity (Wildman–Crippen MR) is 215 cm³/mol. The maximum atomic E-state index is 13.9. The molecule has 0 saturated heterocycles. The molecule has 280 valence electrons. The van der Waals surface area contributed by atoms with Crippen molar-refractivity contribution in [3.8, 4) is 11.5 Å². The molecule has 0 bridgehead atoms. The van der Waals surface area contributed by atoms with Crippen molar-refractivity contribution in [3.05, 3.63) is 161 Å². The molecule has 0 aliphatic carbocycles. The number of sulfonamides is 1. The molecule has 53 heavy (non-hydrogen) atoms. The summed E-state index contributed by atoms with van der Waals surface area (Å²) in [6, 6.07) is 42.8. The van der Waals surface area contributed by atoms with E-state index in [0.717, 1.165) is 58.0 Å². The lowest BCUT2D eigenvalue weighted by Gasteiger charge is -2.35. The summed E-state index contributed by atoms with van der Waals surface area (Å²) in [5.74, 6) is 0.925. The van der Waals surface area contributed by atoms with Gasteiger partial charge in [0.05, 0.1) is 18.0 Å². The highest BCUT2D eigenvalue weighted by atomic mass is 32.2. The minimum atomic E-state index is -3.61.